The predicted octanol–water partition coefficient (Wildman–Crippen LogP) is 7.57. The molecule has 4 heteroatoms. The molecule has 0 atom stereocenters. The van der Waals surface area contributed by atoms with Crippen LogP contribution >= 0.6 is 27.3 Å². The van der Waals surface area contributed by atoms with Crippen molar-refractivity contribution in [1.82, 2.24) is 0 Å². The van der Waals surface area contributed by atoms with E-state index in [2.05, 4.69) is 71.4 Å². The van der Waals surface area contributed by atoms with Crippen LogP contribution < -0.4 is 9.47 Å². The van der Waals surface area contributed by atoms with E-state index in [1.54, 1.807) is 18.4 Å². The molecule has 27 heavy (non-hydrogen) atoms. The monoisotopic (exact) mass is 438 g/mol. The molecule has 3 aromatic carbocycles. The van der Waals surface area contributed by atoms with E-state index in [1.165, 1.54) is 16.7 Å². The Kier molecular flexibility index (Phi) is 5.19. The Bertz CT molecular complexity index is 1080. The first-order valence-corrected chi connectivity index (χ1v) is 10.6. The van der Waals surface area contributed by atoms with Gasteiger partial charge < -0.3 is 9.47 Å². The van der Waals surface area contributed by atoms with E-state index in [0.717, 1.165) is 37.5 Å². The summed E-state index contributed by atoms with van der Waals surface area (Å²) in [6.07, 6.45) is 0. The van der Waals surface area contributed by atoms with Crippen molar-refractivity contribution in [2.24, 2.45) is 0 Å². The van der Waals surface area contributed by atoms with Gasteiger partial charge in [-0.15, -0.1) is 11.3 Å². The van der Waals surface area contributed by atoms with E-state index < -0.39 is 0 Å². The summed E-state index contributed by atoms with van der Waals surface area (Å²) in [7, 11) is 1.69. The summed E-state index contributed by atoms with van der Waals surface area (Å²) in [6, 6.07) is 22.7. The number of thiophene rings is 1. The van der Waals surface area contributed by atoms with Crippen LogP contribution in [0.25, 0.3) is 20.5 Å². The Labute approximate surface area is 171 Å². The number of aryl methyl sites for hydroxylation is 1. The Morgan fingerprint density at radius 1 is 0.926 bits per heavy atom. The number of hydrogen-bond acceptors (Lipinski definition) is 3. The second-order valence-corrected chi connectivity index (χ2v) is 7.93. The van der Waals surface area contributed by atoms with Gasteiger partial charge in [-0.05, 0) is 53.9 Å². The minimum absolute atomic E-state index is 0.836. The van der Waals surface area contributed by atoms with Gasteiger partial charge in [0.1, 0.15) is 11.5 Å². The molecule has 136 valence electrons. The highest BCUT2D eigenvalue weighted by atomic mass is 79.9. The zero-order chi connectivity index (χ0) is 18.8. The molecule has 0 aliphatic rings. The third kappa shape index (κ3) is 3.60. The number of ether oxygens (including phenoxy) is 2. The SMILES string of the molecule is COc1ccc2c(Oc3ccc(CBr)cc3)c(-c3ccccc3C)sc2c1. The largest absolute Gasteiger partial charge is 0.497 e. The molecule has 0 N–H and O–H groups in total. The molecule has 2 nitrogen and oxygen atoms in total. The molecule has 4 aromatic rings. The highest BCUT2D eigenvalue weighted by molar-refractivity contribution is 9.08. The second-order valence-electron chi connectivity index (χ2n) is 6.32. The maximum atomic E-state index is 6.40. The van der Waals surface area contributed by atoms with Crippen LogP contribution in [0.1, 0.15) is 11.1 Å². The molecule has 0 aliphatic carbocycles. The molecule has 0 saturated carbocycles. The van der Waals surface area contributed by atoms with Crippen molar-refractivity contribution in [1.29, 1.82) is 0 Å². The van der Waals surface area contributed by atoms with Gasteiger partial charge in [0.15, 0.2) is 5.75 Å². The summed E-state index contributed by atoms with van der Waals surface area (Å²) in [4.78, 5) is 1.14. The Balaban J connectivity index is 1.87. The predicted molar refractivity (Wildman–Crippen MR) is 118 cm³/mol. The molecule has 0 bridgehead atoms. The van der Waals surface area contributed by atoms with Crippen LogP contribution in [0.5, 0.6) is 17.2 Å². The molecule has 1 heterocycles. The number of benzene rings is 3. The number of alkyl halides is 1. The number of hydrogen-bond donors (Lipinski definition) is 0. The smallest absolute Gasteiger partial charge is 0.153 e. The Hall–Kier alpha value is -2.30. The van der Waals surface area contributed by atoms with E-state index >= 15 is 0 Å². The van der Waals surface area contributed by atoms with E-state index in [4.69, 9.17) is 9.47 Å². The van der Waals surface area contributed by atoms with Crippen LogP contribution in [-0.4, -0.2) is 7.11 Å². The molecule has 0 fully saturated rings. The Morgan fingerprint density at radius 2 is 1.67 bits per heavy atom. The van der Waals surface area contributed by atoms with Gasteiger partial charge in [-0.2, -0.15) is 0 Å². The fourth-order valence-corrected chi connectivity index (χ4v) is 4.67. The maximum Gasteiger partial charge on any atom is 0.153 e. The summed E-state index contributed by atoms with van der Waals surface area (Å²) in [5, 5.41) is 1.94. The van der Waals surface area contributed by atoms with Gasteiger partial charge in [0, 0.05) is 15.4 Å². The van der Waals surface area contributed by atoms with Crippen LogP contribution in [0.2, 0.25) is 0 Å². The van der Waals surface area contributed by atoms with Gasteiger partial charge >= 0.3 is 0 Å². The number of methoxy groups -OCH3 is 1. The molecule has 0 spiro atoms. The van der Waals surface area contributed by atoms with Crippen molar-refractivity contribution >= 4 is 37.4 Å². The van der Waals surface area contributed by atoms with E-state index in [9.17, 15) is 0 Å². The lowest BCUT2D eigenvalue weighted by Gasteiger charge is -2.10. The summed E-state index contributed by atoms with van der Waals surface area (Å²) in [5.41, 5.74) is 3.65. The van der Waals surface area contributed by atoms with Crippen molar-refractivity contribution in [3.05, 3.63) is 77.9 Å². The van der Waals surface area contributed by atoms with Gasteiger partial charge in [0.2, 0.25) is 0 Å². The van der Waals surface area contributed by atoms with Crippen LogP contribution in [0.3, 0.4) is 0 Å². The average molecular weight is 439 g/mol. The Morgan fingerprint density at radius 3 is 2.37 bits per heavy atom. The third-order valence-electron chi connectivity index (χ3n) is 4.54. The van der Waals surface area contributed by atoms with Gasteiger partial charge in [0.05, 0.1) is 12.0 Å². The number of rotatable bonds is 5. The molecule has 0 unspecified atom stereocenters. The fraction of sp³-hybridized carbons (Fsp3) is 0.130. The van der Waals surface area contributed by atoms with E-state index in [0.29, 0.717) is 0 Å². The standard InChI is InChI=1S/C23H19BrO2S/c1-15-5-3-4-6-19(15)23-22(26-17-9-7-16(14-24)8-10-17)20-12-11-18(25-2)13-21(20)27-23/h3-13H,14H2,1-2H3. The van der Waals surface area contributed by atoms with Crippen LogP contribution in [0.15, 0.2) is 66.7 Å². The second kappa shape index (κ2) is 7.75. The van der Waals surface area contributed by atoms with Crippen molar-refractivity contribution in [2.75, 3.05) is 7.11 Å². The lowest BCUT2D eigenvalue weighted by Crippen LogP contribution is -1.88. The minimum atomic E-state index is 0.836. The lowest BCUT2D eigenvalue weighted by atomic mass is 10.1. The summed E-state index contributed by atoms with van der Waals surface area (Å²) < 4.78 is 13.0. The lowest BCUT2D eigenvalue weighted by molar-refractivity contribution is 0.415. The molecule has 0 amide bonds. The molecular weight excluding hydrogens is 420 g/mol. The van der Waals surface area contributed by atoms with Crippen LogP contribution in [0, 0.1) is 6.92 Å². The minimum Gasteiger partial charge on any atom is -0.497 e. The summed E-state index contributed by atoms with van der Waals surface area (Å²) in [5.74, 6) is 2.59. The fourth-order valence-electron chi connectivity index (χ4n) is 3.05. The average Bonchev–Trinajstić information content (AvgIpc) is 3.06. The molecule has 4 rings (SSSR count). The topological polar surface area (TPSA) is 18.5 Å². The maximum absolute atomic E-state index is 6.40. The quantitative estimate of drug-likeness (QED) is 0.299. The van der Waals surface area contributed by atoms with E-state index in [1.807, 2.05) is 18.2 Å². The van der Waals surface area contributed by atoms with E-state index in [-0.39, 0.29) is 0 Å². The molecule has 0 radical (unpaired) electrons. The molecule has 1 aromatic heterocycles. The number of halogens is 1. The van der Waals surface area contributed by atoms with Crippen molar-refractivity contribution in [2.45, 2.75) is 12.3 Å². The van der Waals surface area contributed by atoms with Gasteiger partial charge in [-0.1, -0.05) is 52.3 Å². The van der Waals surface area contributed by atoms with Crippen molar-refractivity contribution in [3.8, 4) is 27.7 Å². The zero-order valence-corrected chi connectivity index (χ0v) is 17.6. The van der Waals surface area contributed by atoms with Crippen LogP contribution in [-0.2, 0) is 5.33 Å². The normalized spacial score (nSPS) is 10.9. The molecule has 0 saturated heterocycles. The van der Waals surface area contributed by atoms with Gasteiger partial charge in [-0.25, -0.2) is 0 Å². The summed E-state index contributed by atoms with van der Waals surface area (Å²) in [6.45, 7) is 2.13. The van der Waals surface area contributed by atoms with Gasteiger partial charge in [-0.3, -0.25) is 0 Å². The molecule has 0 aliphatic heterocycles. The first-order chi connectivity index (χ1) is 13.2. The zero-order valence-electron chi connectivity index (χ0n) is 15.2. The molecular formula is C23H19BrO2S. The summed E-state index contributed by atoms with van der Waals surface area (Å²) >= 11 is 5.22. The van der Waals surface area contributed by atoms with Crippen molar-refractivity contribution < 1.29 is 9.47 Å². The first-order valence-electron chi connectivity index (χ1n) is 8.69. The van der Waals surface area contributed by atoms with Crippen LogP contribution in [0.4, 0.5) is 0 Å². The highest BCUT2D eigenvalue weighted by Gasteiger charge is 2.18. The third-order valence-corrected chi connectivity index (χ3v) is 6.35. The van der Waals surface area contributed by atoms with Gasteiger partial charge in [0.25, 0.3) is 0 Å². The number of fused-ring (bicyclic) bond motifs is 1. The van der Waals surface area contributed by atoms with Crippen molar-refractivity contribution in [3.63, 3.8) is 0 Å². The highest BCUT2D eigenvalue weighted by Crippen LogP contribution is 2.47. The first kappa shape index (κ1) is 18.1.